The summed E-state index contributed by atoms with van der Waals surface area (Å²) in [7, 11) is -4.20. The summed E-state index contributed by atoms with van der Waals surface area (Å²) in [4.78, 5) is 18.5. The SMILES string of the molecule is O=C(O)C(=Cc1ccccc1)c1ccccc1.O=S(=O)(O)c1ccc2nc(-c3ccccc3)[nH]c2c1. The molecule has 0 amide bonds. The second kappa shape index (κ2) is 10.8. The van der Waals surface area contributed by atoms with Crippen LogP contribution in [0.1, 0.15) is 11.1 Å². The van der Waals surface area contributed by atoms with E-state index in [4.69, 9.17) is 4.55 Å². The number of carboxylic acids is 1. The van der Waals surface area contributed by atoms with Crippen LogP contribution in [0.15, 0.2) is 114 Å². The zero-order chi connectivity index (χ0) is 25.5. The molecule has 8 heteroatoms. The molecule has 7 nitrogen and oxygen atoms in total. The van der Waals surface area contributed by atoms with Gasteiger partial charge >= 0.3 is 5.97 Å². The average molecular weight is 499 g/mol. The number of aromatic amines is 1. The van der Waals surface area contributed by atoms with Gasteiger partial charge in [0.15, 0.2) is 0 Å². The van der Waals surface area contributed by atoms with Crippen molar-refractivity contribution in [3.05, 3.63) is 120 Å². The fourth-order valence-electron chi connectivity index (χ4n) is 3.48. The number of benzene rings is 4. The summed E-state index contributed by atoms with van der Waals surface area (Å²) in [6.07, 6.45) is 1.68. The van der Waals surface area contributed by atoms with Gasteiger partial charge in [0.05, 0.1) is 21.5 Å². The van der Waals surface area contributed by atoms with Crippen LogP contribution in [0.2, 0.25) is 0 Å². The summed E-state index contributed by atoms with van der Waals surface area (Å²) < 4.78 is 31.2. The van der Waals surface area contributed by atoms with Crippen molar-refractivity contribution in [2.45, 2.75) is 4.90 Å². The molecule has 0 radical (unpaired) electrons. The van der Waals surface area contributed by atoms with Gasteiger partial charge in [0, 0.05) is 5.56 Å². The Kier molecular flexibility index (Phi) is 7.39. The van der Waals surface area contributed by atoms with Crippen molar-refractivity contribution in [1.82, 2.24) is 9.97 Å². The lowest BCUT2D eigenvalue weighted by Gasteiger charge is -2.02. The maximum absolute atomic E-state index is 11.2. The molecule has 1 aromatic heterocycles. The van der Waals surface area contributed by atoms with E-state index in [9.17, 15) is 18.3 Å². The van der Waals surface area contributed by atoms with Crippen LogP contribution in [0, 0.1) is 0 Å². The minimum atomic E-state index is -4.20. The third-order valence-corrected chi connectivity index (χ3v) is 6.07. The quantitative estimate of drug-likeness (QED) is 0.160. The third-order valence-electron chi connectivity index (χ3n) is 5.22. The smallest absolute Gasteiger partial charge is 0.336 e. The first-order chi connectivity index (χ1) is 17.3. The first-order valence-corrected chi connectivity index (χ1v) is 12.3. The van der Waals surface area contributed by atoms with Gasteiger partial charge in [-0.15, -0.1) is 0 Å². The van der Waals surface area contributed by atoms with Crippen LogP contribution in [-0.4, -0.2) is 34.0 Å². The van der Waals surface area contributed by atoms with Crippen molar-refractivity contribution >= 4 is 38.8 Å². The van der Waals surface area contributed by atoms with Gasteiger partial charge in [0.2, 0.25) is 0 Å². The summed E-state index contributed by atoms with van der Waals surface area (Å²) in [6, 6.07) is 32.3. The Labute approximate surface area is 208 Å². The maximum Gasteiger partial charge on any atom is 0.336 e. The van der Waals surface area contributed by atoms with Crippen LogP contribution in [0.5, 0.6) is 0 Å². The molecule has 4 aromatic carbocycles. The fraction of sp³-hybridized carbons (Fsp3) is 0. The van der Waals surface area contributed by atoms with Crippen molar-refractivity contribution in [2.24, 2.45) is 0 Å². The number of aromatic nitrogens is 2. The number of H-pyrrole nitrogens is 1. The number of imidazole rings is 1. The Balaban J connectivity index is 0.000000170. The molecule has 5 aromatic rings. The molecule has 0 saturated carbocycles. The van der Waals surface area contributed by atoms with Gasteiger partial charge in [-0.25, -0.2) is 9.78 Å². The van der Waals surface area contributed by atoms with Crippen LogP contribution in [-0.2, 0) is 14.9 Å². The predicted octanol–water partition coefficient (Wildman–Crippen LogP) is 5.79. The van der Waals surface area contributed by atoms with E-state index in [2.05, 4.69) is 9.97 Å². The zero-order valence-electron chi connectivity index (χ0n) is 18.9. The fourth-order valence-corrected chi connectivity index (χ4v) is 3.99. The van der Waals surface area contributed by atoms with Gasteiger partial charge in [0.1, 0.15) is 5.82 Å². The topological polar surface area (TPSA) is 120 Å². The van der Waals surface area contributed by atoms with E-state index in [1.165, 1.54) is 12.1 Å². The van der Waals surface area contributed by atoms with Crippen LogP contribution in [0.25, 0.3) is 34.1 Å². The number of nitrogens with one attached hydrogen (secondary N) is 1. The van der Waals surface area contributed by atoms with Crippen molar-refractivity contribution < 1.29 is 22.9 Å². The zero-order valence-corrected chi connectivity index (χ0v) is 19.8. The van der Waals surface area contributed by atoms with Crippen LogP contribution < -0.4 is 0 Å². The summed E-state index contributed by atoms with van der Waals surface area (Å²) in [5.41, 5.74) is 4.02. The first-order valence-electron chi connectivity index (χ1n) is 10.9. The number of carbonyl (C=O) groups is 1. The highest BCUT2D eigenvalue weighted by molar-refractivity contribution is 7.85. The standard InChI is InChI=1S/C15H12O2.C13H10N2O3S/c16-15(17)14(13-9-5-2-6-10-13)11-12-7-3-1-4-8-12;16-19(17,18)10-6-7-11-12(8-10)15-13(14-11)9-4-2-1-3-5-9/h1-11H,(H,16,17);1-8H,(H,14,15)(H,16,17,18). The molecule has 5 rings (SSSR count). The lowest BCUT2D eigenvalue weighted by molar-refractivity contribution is -0.130. The number of nitrogens with zero attached hydrogens (tertiary/aromatic N) is 1. The van der Waals surface area contributed by atoms with Gasteiger partial charge in [-0.1, -0.05) is 91.0 Å². The molecule has 1 heterocycles. The average Bonchev–Trinajstić information content (AvgIpc) is 3.32. The number of carboxylic acid groups (broad SMARTS) is 1. The van der Waals surface area contributed by atoms with Crippen LogP contribution in [0.3, 0.4) is 0 Å². The van der Waals surface area contributed by atoms with E-state index in [0.717, 1.165) is 11.1 Å². The Hall–Kier alpha value is -4.53. The molecular formula is C28H22N2O5S. The van der Waals surface area contributed by atoms with E-state index in [0.29, 0.717) is 28.0 Å². The largest absolute Gasteiger partial charge is 0.478 e. The maximum atomic E-state index is 11.2. The molecule has 0 aliphatic rings. The van der Waals surface area contributed by atoms with Crippen molar-refractivity contribution in [2.75, 3.05) is 0 Å². The first kappa shape index (κ1) is 24.6. The van der Waals surface area contributed by atoms with Gasteiger partial charge in [-0.05, 0) is 35.4 Å². The summed E-state index contributed by atoms with van der Waals surface area (Å²) in [6.45, 7) is 0. The minimum absolute atomic E-state index is 0.150. The highest BCUT2D eigenvalue weighted by atomic mass is 32.2. The molecule has 0 fully saturated rings. The minimum Gasteiger partial charge on any atom is -0.478 e. The number of fused-ring (bicyclic) bond motifs is 1. The normalized spacial score (nSPS) is 11.5. The van der Waals surface area contributed by atoms with E-state index < -0.39 is 16.1 Å². The Bertz CT molecular complexity index is 1610. The molecule has 0 saturated heterocycles. The molecule has 0 atom stereocenters. The van der Waals surface area contributed by atoms with Gasteiger partial charge in [-0.3, -0.25) is 4.55 Å². The Morgan fingerprint density at radius 2 is 1.39 bits per heavy atom. The van der Waals surface area contributed by atoms with E-state index >= 15 is 0 Å². The molecule has 0 unspecified atom stereocenters. The molecule has 3 N–H and O–H groups in total. The van der Waals surface area contributed by atoms with Crippen molar-refractivity contribution in [1.29, 1.82) is 0 Å². The second-order valence-electron chi connectivity index (χ2n) is 7.75. The van der Waals surface area contributed by atoms with Crippen LogP contribution in [0.4, 0.5) is 0 Å². The van der Waals surface area contributed by atoms with Gasteiger partial charge in [0.25, 0.3) is 10.1 Å². The van der Waals surface area contributed by atoms with Gasteiger partial charge in [-0.2, -0.15) is 8.42 Å². The van der Waals surface area contributed by atoms with Gasteiger partial charge < -0.3 is 10.1 Å². The summed E-state index contributed by atoms with van der Waals surface area (Å²) in [5.74, 6) is -0.261. The second-order valence-corrected chi connectivity index (χ2v) is 9.17. The third kappa shape index (κ3) is 6.12. The Morgan fingerprint density at radius 3 is 1.97 bits per heavy atom. The number of aliphatic carboxylic acids is 1. The van der Waals surface area contributed by atoms with E-state index in [1.807, 2.05) is 78.9 Å². The monoisotopic (exact) mass is 498 g/mol. The molecule has 0 aliphatic carbocycles. The highest BCUT2D eigenvalue weighted by Crippen LogP contribution is 2.22. The number of hydrogen-bond acceptors (Lipinski definition) is 4. The van der Waals surface area contributed by atoms with E-state index in [-0.39, 0.29) is 4.90 Å². The number of hydrogen-bond donors (Lipinski definition) is 3. The lowest BCUT2D eigenvalue weighted by atomic mass is 10.0. The van der Waals surface area contributed by atoms with E-state index in [1.54, 1.807) is 24.3 Å². The Morgan fingerprint density at radius 1 is 0.806 bits per heavy atom. The summed E-state index contributed by atoms with van der Waals surface area (Å²) in [5, 5.41) is 9.22. The molecular weight excluding hydrogens is 476 g/mol. The summed E-state index contributed by atoms with van der Waals surface area (Å²) >= 11 is 0. The molecule has 0 bridgehead atoms. The lowest BCUT2D eigenvalue weighted by Crippen LogP contribution is -1.99. The molecule has 36 heavy (non-hydrogen) atoms. The molecule has 0 aliphatic heterocycles. The molecule has 0 spiro atoms. The predicted molar refractivity (Wildman–Crippen MR) is 140 cm³/mol. The van der Waals surface area contributed by atoms with Crippen LogP contribution >= 0.6 is 0 Å². The number of rotatable bonds is 5. The molecule has 180 valence electrons. The van der Waals surface area contributed by atoms with Crippen molar-refractivity contribution in [3.63, 3.8) is 0 Å². The van der Waals surface area contributed by atoms with Crippen molar-refractivity contribution in [3.8, 4) is 11.4 Å². The highest BCUT2D eigenvalue weighted by Gasteiger charge is 2.12.